The maximum Gasteiger partial charge on any atom is 0.0596 e. The SMILES string of the molecule is CSC(S)CN1CCN(CC(C)C)CC1. The van der Waals surface area contributed by atoms with Gasteiger partial charge in [0.15, 0.2) is 0 Å². The van der Waals surface area contributed by atoms with Crippen LogP contribution in [-0.4, -0.2) is 59.9 Å². The van der Waals surface area contributed by atoms with Crippen molar-refractivity contribution in [2.24, 2.45) is 5.92 Å². The van der Waals surface area contributed by atoms with E-state index in [1.54, 1.807) is 0 Å². The Labute approximate surface area is 104 Å². The van der Waals surface area contributed by atoms with E-state index >= 15 is 0 Å². The summed E-state index contributed by atoms with van der Waals surface area (Å²) in [5.41, 5.74) is 0. The molecule has 1 aliphatic heterocycles. The topological polar surface area (TPSA) is 6.48 Å². The first-order valence-electron chi connectivity index (χ1n) is 5.77. The Balaban J connectivity index is 2.18. The third-order valence-electron chi connectivity index (χ3n) is 2.77. The standard InChI is InChI=1S/C11H24N2S2/c1-10(2)8-12-4-6-13(7-5-12)9-11(14)15-3/h10-11,14H,4-9H2,1-3H3. The van der Waals surface area contributed by atoms with Crippen LogP contribution in [0, 0.1) is 5.92 Å². The quantitative estimate of drug-likeness (QED) is 0.587. The van der Waals surface area contributed by atoms with Gasteiger partial charge >= 0.3 is 0 Å². The number of rotatable bonds is 5. The van der Waals surface area contributed by atoms with E-state index in [1.165, 1.54) is 32.7 Å². The Bertz CT molecular complexity index is 168. The second-order valence-corrected chi connectivity index (χ2v) is 6.70. The van der Waals surface area contributed by atoms with Crippen LogP contribution in [0.15, 0.2) is 0 Å². The molecule has 0 amide bonds. The van der Waals surface area contributed by atoms with Crippen LogP contribution in [0.1, 0.15) is 13.8 Å². The van der Waals surface area contributed by atoms with Gasteiger partial charge in [-0.15, -0.1) is 11.8 Å². The third-order valence-corrected chi connectivity index (χ3v) is 4.26. The minimum absolute atomic E-state index is 0.474. The fourth-order valence-corrected chi connectivity index (χ4v) is 2.56. The van der Waals surface area contributed by atoms with Crippen LogP contribution >= 0.6 is 24.4 Å². The molecule has 0 bridgehead atoms. The van der Waals surface area contributed by atoms with Crippen molar-refractivity contribution in [2.75, 3.05) is 45.5 Å². The summed E-state index contributed by atoms with van der Waals surface area (Å²) in [5.74, 6) is 0.792. The molecule has 1 aliphatic rings. The van der Waals surface area contributed by atoms with Crippen LogP contribution in [0.4, 0.5) is 0 Å². The molecule has 0 N–H and O–H groups in total. The highest BCUT2D eigenvalue weighted by molar-refractivity contribution is 8.09. The Kier molecular flexibility index (Phi) is 6.43. The summed E-state index contributed by atoms with van der Waals surface area (Å²) in [6.07, 6.45) is 2.13. The van der Waals surface area contributed by atoms with Crippen LogP contribution in [0.5, 0.6) is 0 Å². The van der Waals surface area contributed by atoms with E-state index < -0.39 is 0 Å². The van der Waals surface area contributed by atoms with Gasteiger partial charge in [-0.2, -0.15) is 12.6 Å². The molecule has 0 radical (unpaired) electrons. The second kappa shape index (κ2) is 7.05. The summed E-state index contributed by atoms with van der Waals surface area (Å²) >= 11 is 6.36. The van der Waals surface area contributed by atoms with Crippen LogP contribution in [0.2, 0.25) is 0 Å². The average Bonchev–Trinajstić information content (AvgIpc) is 2.20. The third kappa shape index (κ3) is 5.48. The highest BCUT2D eigenvalue weighted by Gasteiger charge is 2.18. The number of hydrogen-bond acceptors (Lipinski definition) is 4. The molecule has 0 aromatic rings. The van der Waals surface area contributed by atoms with Crippen molar-refractivity contribution < 1.29 is 0 Å². The highest BCUT2D eigenvalue weighted by atomic mass is 32.2. The first-order valence-corrected chi connectivity index (χ1v) is 7.58. The fraction of sp³-hybridized carbons (Fsp3) is 1.00. The van der Waals surface area contributed by atoms with Crippen molar-refractivity contribution in [3.8, 4) is 0 Å². The van der Waals surface area contributed by atoms with E-state index in [2.05, 4.69) is 42.5 Å². The molecule has 0 aliphatic carbocycles. The Morgan fingerprint density at radius 2 is 1.53 bits per heavy atom. The van der Waals surface area contributed by atoms with Crippen LogP contribution in [0.25, 0.3) is 0 Å². The summed E-state index contributed by atoms with van der Waals surface area (Å²) in [7, 11) is 0. The molecule has 1 unspecified atom stereocenters. The van der Waals surface area contributed by atoms with Crippen LogP contribution < -0.4 is 0 Å². The Morgan fingerprint density at radius 1 is 1.07 bits per heavy atom. The lowest BCUT2D eigenvalue weighted by Crippen LogP contribution is -2.48. The van der Waals surface area contributed by atoms with E-state index in [4.69, 9.17) is 0 Å². The van der Waals surface area contributed by atoms with Gasteiger partial charge in [0.05, 0.1) is 4.58 Å². The maximum absolute atomic E-state index is 4.53. The lowest BCUT2D eigenvalue weighted by atomic mass is 10.2. The van der Waals surface area contributed by atoms with Crippen molar-refractivity contribution >= 4 is 24.4 Å². The maximum atomic E-state index is 4.53. The summed E-state index contributed by atoms with van der Waals surface area (Å²) in [5, 5.41) is 0. The fourth-order valence-electron chi connectivity index (χ4n) is 1.97. The molecule has 90 valence electrons. The summed E-state index contributed by atoms with van der Waals surface area (Å²) in [6, 6.07) is 0. The molecule has 0 spiro atoms. The van der Waals surface area contributed by atoms with Crippen LogP contribution in [-0.2, 0) is 0 Å². The first kappa shape index (κ1) is 13.7. The first-order chi connectivity index (χ1) is 7.11. The molecule has 4 heteroatoms. The van der Waals surface area contributed by atoms with E-state index in [-0.39, 0.29) is 0 Å². The molecule has 0 saturated carbocycles. The zero-order chi connectivity index (χ0) is 11.3. The number of thioether (sulfide) groups is 1. The van der Waals surface area contributed by atoms with Gasteiger partial charge in [-0.1, -0.05) is 13.8 Å². The largest absolute Gasteiger partial charge is 0.301 e. The molecule has 2 nitrogen and oxygen atoms in total. The Morgan fingerprint density at radius 3 is 1.93 bits per heavy atom. The smallest absolute Gasteiger partial charge is 0.0596 e. The molecule has 1 heterocycles. The second-order valence-electron chi connectivity index (χ2n) is 4.69. The van der Waals surface area contributed by atoms with E-state index in [0.717, 1.165) is 12.5 Å². The van der Waals surface area contributed by atoms with E-state index in [0.29, 0.717) is 4.58 Å². The zero-order valence-corrected chi connectivity index (χ0v) is 11.9. The highest BCUT2D eigenvalue weighted by Crippen LogP contribution is 2.14. The number of nitrogens with zero attached hydrogens (tertiary/aromatic N) is 2. The van der Waals surface area contributed by atoms with E-state index in [1.807, 2.05) is 11.8 Å². The van der Waals surface area contributed by atoms with Gasteiger partial charge in [-0.25, -0.2) is 0 Å². The van der Waals surface area contributed by atoms with Gasteiger partial charge in [0.2, 0.25) is 0 Å². The predicted molar refractivity (Wildman–Crippen MR) is 74.0 cm³/mol. The molecule has 15 heavy (non-hydrogen) atoms. The molecule has 0 aromatic carbocycles. The molecular formula is C11H24N2S2. The van der Waals surface area contributed by atoms with Crippen molar-refractivity contribution in [3.05, 3.63) is 0 Å². The van der Waals surface area contributed by atoms with E-state index in [9.17, 15) is 0 Å². The summed E-state index contributed by atoms with van der Waals surface area (Å²) in [4.78, 5) is 5.11. The lowest BCUT2D eigenvalue weighted by molar-refractivity contribution is 0.126. The lowest BCUT2D eigenvalue weighted by Gasteiger charge is -2.36. The number of piperazine rings is 1. The van der Waals surface area contributed by atoms with Gasteiger partial charge in [0, 0.05) is 39.3 Å². The summed E-state index contributed by atoms with van der Waals surface area (Å²) < 4.78 is 0.474. The average molecular weight is 248 g/mol. The molecule has 1 rings (SSSR count). The minimum atomic E-state index is 0.474. The minimum Gasteiger partial charge on any atom is -0.301 e. The number of hydrogen-bond donors (Lipinski definition) is 1. The van der Waals surface area contributed by atoms with Gasteiger partial charge in [-0.05, 0) is 12.2 Å². The molecule has 1 fully saturated rings. The zero-order valence-electron chi connectivity index (χ0n) is 10.1. The van der Waals surface area contributed by atoms with Crippen molar-refractivity contribution in [3.63, 3.8) is 0 Å². The van der Waals surface area contributed by atoms with Crippen molar-refractivity contribution in [2.45, 2.75) is 18.4 Å². The van der Waals surface area contributed by atoms with Gasteiger partial charge in [0.1, 0.15) is 0 Å². The normalized spacial score (nSPS) is 22.2. The molecule has 0 aromatic heterocycles. The molecular weight excluding hydrogens is 224 g/mol. The van der Waals surface area contributed by atoms with Gasteiger partial charge in [0.25, 0.3) is 0 Å². The molecule has 1 saturated heterocycles. The van der Waals surface area contributed by atoms with Gasteiger partial charge < -0.3 is 4.90 Å². The monoisotopic (exact) mass is 248 g/mol. The number of thiol groups is 1. The van der Waals surface area contributed by atoms with Crippen LogP contribution in [0.3, 0.4) is 0 Å². The van der Waals surface area contributed by atoms with Crippen molar-refractivity contribution in [1.82, 2.24) is 9.80 Å². The summed E-state index contributed by atoms with van der Waals surface area (Å²) in [6.45, 7) is 11.9. The van der Waals surface area contributed by atoms with Crippen molar-refractivity contribution in [1.29, 1.82) is 0 Å². The Hall–Kier alpha value is 0.620. The van der Waals surface area contributed by atoms with Gasteiger partial charge in [-0.3, -0.25) is 4.90 Å². The molecule has 1 atom stereocenters. The predicted octanol–water partition coefficient (Wildman–Crippen LogP) is 1.88.